The van der Waals surface area contributed by atoms with E-state index in [4.69, 9.17) is 15.9 Å². The highest BCUT2D eigenvalue weighted by atomic mass is 79.9. The third-order valence-electron chi connectivity index (χ3n) is 4.00. The predicted molar refractivity (Wildman–Crippen MR) is 85.1 cm³/mol. The summed E-state index contributed by atoms with van der Waals surface area (Å²) in [4.78, 5) is 0. The molecule has 1 fully saturated rings. The molecular weight excluding hydrogens is 304 g/mol. The molecule has 112 valence electrons. The van der Waals surface area contributed by atoms with Crippen LogP contribution in [-0.4, -0.2) is 23.9 Å². The van der Waals surface area contributed by atoms with Crippen molar-refractivity contribution in [2.24, 2.45) is 11.7 Å². The highest BCUT2D eigenvalue weighted by molar-refractivity contribution is 9.09. The van der Waals surface area contributed by atoms with Gasteiger partial charge in [-0.25, -0.2) is 0 Å². The Hall–Kier alpha value is -0.0900. The second kappa shape index (κ2) is 10.7. The summed E-state index contributed by atoms with van der Waals surface area (Å²) in [5.74, 6) is 0.677. The lowest BCUT2D eigenvalue weighted by Gasteiger charge is -2.27. The maximum Gasteiger partial charge on any atom is 0.0936 e. The topological polar surface area (TPSA) is 59.1 Å². The molecule has 4 heteroatoms. The van der Waals surface area contributed by atoms with Crippen LogP contribution in [0.5, 0.6) is 0 Å². The van der Waals surface area contributed by atoms with Crippen LogP contribution in [0.15, 0.2) is 0 Å². The van der Waals surface area contributed by atoms with Crippen LogP contribution >= 0.6 is 15.9 Å². The Balaban J connectivity index is 1.89. The molecule has 0 aromatic rings. The Morgan fingerprint density at radius 1 is 1.00 bits per heavy atom. The summed E-state index contributed by atoms with van der Waals surface area (Å²) >= 11 is 3.46. The number of nitrogens with two attached hydrogens (primary N) is 1. The molecule has 1 aliphatic carbocycles. The number of halogens is 1. The molecule has 3 N–H and O–H groups in total. The summed E-state index contributed by atoms with van der Waals surface area (Å²) in [5, 5.41) is 8.59. The van der Waals surface area contributed by atoms with Gasteiger partial charge in [0.1, 0.15) is 0 Å². The summed E-state index contributed by atoms with van der Waals surface area (Å²) in [6, 6.07) is 0. The zero-order valence-electron chi connectivity index (χ0n) is 12.0. The first kappa shape index (κ1) is 17.0. The lowest BCUT2D eigenvalue weighted by molar-refractivity contribution is 0.0215. The van der Waals surface area contributed by atoms with Gasteiger partial charge in [-0.1, -0.05) is 41.6 Å². The lowest BCUT2D eigenvalue weighted by Crippen LogP contribution is -2.30. The number of hydrogen-bond acceptors (Lipinski definition) is 2. The van der Waals surface area contributed by atoms with E-state index in [0.29, 0.717) is 17.9 Å². The molecule has 1 aliphatic rings. The van der Waals surface area contributed by atoms with Crippen molar-refractivity contribution in [1.29, 1.82) is 5.41 Å². The van der Waals surface area contributed by atoms with Crippen LogP contribution in [0.4, 0.5) is 0 Å². The molecular formula is C15H29BrN2O. The second-order valence-electron chi connectivity index (χ2n) is 5.61. The number of amidine groups is 1. The second-order valence-corrected chi connectivity index (χ2v) is 6.40. The normalized spacial score (nSPS) is 23.4. The number of rotatable bonds is 10. The molecule has 0 saturated heterocycles. The van der Waals surface area contributed by atoms with E-state index in [1.165, 1.54) is 38.5 Å². The molecule has 19 heavy (non-hydrogen) atoms. The average Bonchev–Trinajstić information content (AvgIpc) is 2.42. The molecule has 0 aromatic heterocycles. The first-order valence-electron chi connectivity index (χ1n) is 7.75. The lowest BCUT2D eigenvalue weighted by atomic mass is 9.87. The van der Waals surface area contributed by atoms with Gasteiger partial charge in [-0.15, -0.1) is 0 Å². The largest absolute Gasteiger partial charge is 0.387 e. The maximum atomic E-state index is 7.45. The van der Waals surface area contributed by atoms with Gasteiger partial charge in [0, 0.05) is 17.9 Å². The summed E-state index contributed by atoms with van der Waals surface area (Å²) in [7, 11) is 0. The Bertz CT molecular complexity index is 240. The summed E-state index contributed by atoms with van der Waals surface area (Å²) in [6.07, 6.45) is 12.5. The minimum absolute atomic E-state index is 0.314. The van der Waals surface area contributed by atoms with Crippen molar-refractivity contribution in [2.75, 3.05) is 11.9 Å². The van der Waals surface area contributed by atoms with E-state index in [0.717, 1.165) is 37.6 Å². The first-order valence-corrected chi connectivity index (χ1v) is 8.87. The van der Waals surface area contributed by atoms with Crippen molar-refractivity contribution in [3.63, 3.8) is 0 Å². The number of nitrogens with one attached hydrogen (secondary N) is 1. The van der Waals surface area contributed by atoms with Crippen LogP contribution in [0.25, 0.3) is 0 Å². The standard InChI is InChI=1S/C15H29BrN2O/c16-11-5-3-1-2-4-6-12-19-14-9-7-13(8-10-14)15(17)18/h13-14H,1-12H2,(H3,17,18). The van der Waals surface area contributed by atoms with Gasteiger partial charge in [0.2, 0.25) is 0 Å². The molecule has 0 aromatic carbocycles. The molecule has 0 spiro atoms. The molecule has 1 rings (SSSR count). The molecule has 3 nitrogen and oxygen atoms in total. The van der Waals surface area contributed by atoms with Crippen molar-refractivity contribution in [3.05, 3.63) is 0 Å². The van der Waals surface area contributed by atoms with E-state index in [1.54, 1.807) is 0 Å². The monoisotopic (exact) mass is 332 g/mol. The van der Waals surface area contributed by atoms with Crippen LogP contribution in [0.2, 0.25) is 0 Å². The molecule has 0 unspecified atom stereocenters. The van der Waals surface area contributed by atoms with Crippen LogP contribution < -0.4 is 5.73 Å². The minimum atomic E-state index is 0.314. The van der Waals surface area contributed by atoms with Crippen LogP contribution in [-0.2, 0) is 4.74 Å². The van der Waals surface area contributed by atoms with Crippen molar-refractivity contribution in [3.8, 4) is 0 Å². The van der Waals surface area contributed by atoms with Gasteiger partial charge in [0.15, 0.2) is 0 Å². The third kappa shape index (κ3) is 7.93. The van der Waals surface area contributed by atoms with Gasteiger partial charge in [0.25, 0.3) is 0 Å². The Kier molecular flexibility index (Phi) is 9.52. The molecule has 0 bridgehead atoms. The van der Waals surface area contributed by atoms with Gasteiger partial charge in [-0.3, -0.25) is 5.41 Å². The van der Waals surface area contributed by atoms with Crippen LogP contribution in [0, 0.1) is 11.3 Å². The molecule has 0 radical (unpaired) electrons. The number of ether oxygens (including phenoxy) is 1. The highest BCUT2D eigenvalue weighted by Gasteiger charge is 2.22. The SMILES string of the molecule is N=C(N)C1CCC(OCCCCCCCCBr)CC1. The van der Waals surface area contributed by atoms with E-state index in [1.807, 2.05) is 0 Å². The molecule has 0 amide bonds. The van der Waals surface area contributed by atoms with Gasteiger partial charge < -0.3 is 10.5 Å². The quantitative estimate of drug-likeness (QED) is 0.272. The van der Waals surface area contributed by atoms with E-state index < -0.39 is 0 Å². The predicted octanol–water partition coefficient (Wildman–Crippen LogP) is 4.23. The Labute approximate surface area is 126 Å². The molecule has 0 atom stereocenters. The highest BCUT2D eigenvalue weighted by Crippen LogP contribution is 2.26. The first-order chi connectivity index (χ1) is 9.24. The van der Waals surface area contributed by atoms with Gasteiger partial charge in [-0.05, 0) is 38.5 Å². The maximum absolute atomic E-state index is 7.45. The summed E-state index contributed by atoms with van der Waals surface area (Å²) in [6.45, 7) is 0.911. The van der Waals surface area contributed by atoms with Crippen molar-refractivity contribution in [2.45, 2.75) is 70.3 Å². The smallest absolute Gasteiger partial charge is 0.0936 e. The fourth-order valence-electron chi connectivity index (χ4n) is 2.69. The fraction of sp³-hybridized carbons (Fsp3) is 0.933. The van der Waals surface area contributed by atoms with E-state index in [9.17, 15) is 0 Å². The Morgan fingerprint density at radius 2 is 1.58 bits per heavy atom. The van der Waals surface area contributed by atoms with Gasteiger partial charge >= 0.3 is 0 Å². The number of hydrogen-bond donors (Lipinski definition) is 2. The molecule has 0 heterocycles. The average molecular weight is 333 g/mol. The summed E-state index contributed by atoms with van der Waals surface area (Å²) < 4.78 is 5.92. The van der Waals surface area contributed by atoms with Crippen LogP contribution in [0.1, 0.15) is 64.2 Å². The number of unbranched alkanes of at least 4 members (excludes halogenated alkanes) is 5. The van der Waals surface area contributed by atoms with Gasteiger partial charge in [-0.2, -0.15) is 0 Å². The summed E-state index contributed by atoms with van der Waals surface area (Å²) in [5.41, 5.74) is 5.54. The van der Waals surface area contributed by atoms with E-state index >= 15 is 0 Å². The van der Waals surface area contributed by atoms with Crippen LogP contribution in [0.3, 0.4) is 0 Å². The Morgan fingerprint density at radius 3 is 2.16 bits per heavy atom. The van der Waals surface area contributed by atoms with E-state index in [2.05, 4.69) is 15.9 Å². The van der Waals surface area contributed by atoms with Crippen molar-refractivity contribution in [1.82, 2.24) is 0 Å². The fourth-order valence-corrected chi connectivity index (χ4v) is 3.09. The zero-order chi connectivity index (χ0) is 13.9. The minimum Gasteiger partial charge on any atom is -0.387 e. The number of alkyl halides is 1. The van der Waals surface area contributed by atoms with Crippen molar-refractivity contribution >= 4 is 21.8 Å². The van der Waals surface area contributed by atoms with Gasteiger partial charge in [0.05, 0.1) is 11.9 Å². The van der Waals surface area contributed by atoms with Crippen molar-refractivity contribution < 1.29 is 4.74 Å². The van der Waals surface area contributed by atoms with E-state index in [-0.39, 0.29) is 0 Å². The zero-order valence-corrected chi connectivity index (χ0v) is 13.6. The molecule has 0 aliphatic heterocycles. The molecule has 1 saturated carbocycles. The third-order valence-corrected chi connectivity index (χ3v) is 4.56.